The number of fused-ring (bicyclic) bond motifs is 5. The summed E-state index contributed by atoms with van der Waals surface area (Å²) in [5, 5.41) is 7.77. The average molecular weight is 529 g/mol. The molecule has 1 aliphatic carbocycles. The van der Waals surface area contributed by atoms with E-state index in [4.69, 9.17) is 4.74 Å². The van der Waals surface area contributed by atoms with Crippen LogP contribution in [0.15, 0.2) is 60.8 Å². The van der Waals surface area contributed by atoms with Crippen molar-refractivity contribution in [3.63, 3.8) is 0 Å². The molecular weight excluding hydrogens is 486 g/mol. The van der Waals surface area contributed by atoms with E-state index in [-0.39, 0.29) is 5.41 Å². The predicted octanol–water partition coefficient (Wildman–Crippen LogP) is 10.3. The molecule has 0 saturated heterocycles. The first-order chi connectivity index (χ1) is 19.0. The van der Waals surface area contributed by atoms with Crippen molar-refractivity contribution in [1.82, 2.24) is 0 Å². The summed E-state index contributed by atoms with van der Waals surface area (Å²) < 4.78 is 9.38. The van der Waals surface area contributed by atoms with Crippen molar-refractivity contribution in [2.24, 2.45) is 17.9 Å². The minimum absolute atomic E-state index is 0.135. The maximum atomic E-state index is 7.08. The number of aromatic nitrogens is 1. The molecule has 204 valence electrons. The van der Waals surface area contributed by atoms with Crippen molar-refractivity contribution in [1.29, 1.82) is 0 Å². The lowest BCUT2D eigenvalue weighted by Gasteiger charge is -2.34. The van der Waals surface area contributed by atoms with Gasteiger partial charge in [-0.2, -0.15) is 0 Å². The molecule has 0 bridgehead atoms. The van der Waals surface area contributed by atoms with E-state index < -0.39 is 0 Å². The highest BCUT2D eigenvalue weighted by Gasteiger charge is 2.34. The van der Waals surface area contributed by atoms with Gasteiger partial charge in [0.15, 0.2) is 6.20 Å². The maximum Gasteiger partial charge on any atom is 0.228 e. The minimum Gasteiger partial charge on any atom is -0.455 e. The Morgan fingerprint density at radius 2 is 1.62 bits per heavy atom. The van der Waals surface area contributed by atoms with Crippen LogP contribution >= 0.6 is 0 Å². The number of hydrogen-bond donors (Lipinski definition) is 0. The van der Waals surface area contributed by atoms with Gasteiger partial charge in [-0.1, -0.05) is 77.1 Å². The molecule has 2 aliphatic rings. The Labute approximate surface area is 239 Å². The molecule has 2 heteroatoms. The molecule has 1 fully saturated rings. The normalized spacial score (nSPS) is 16.9. The highest BCUT2D eigenvalue weighted by Crippen LogP contribution is 2.53. The lowest BCUT2D eigenvalue weighted by molar-refractivity contribution is -0.659. The van der Waals surface area contributed by atoms with Gasteiger partial charge in [0.1, 0.15) is 18.5 Å². The Balaban J connectivity index is 1.49. The van der Waals surface area contributed by atoms with Gasteiger partial charge < -0.3 is 4.74 Å². The van der Waals surface area contributed by atoms with Crippen LogP contribution in [0.4, 0.5) is 0 Å². The number of pyridine rings is 1. The van der Waals surface area contributed by atoms with Crippen molar-refractivity contribution in [2.75, 3.05) is 0 Å². The van der Waals surface area contributed by atoms with Gasteiger partial charge in [0.2, 0.25) is 5.69 Å². The molecule has 0 amide bonds. The number of aryl methyl sites for hydroxylation is 2. The Morgan fingerprint density at radius 1 is 0.900 bits per heavy atom. The highest BCUT2D eigenvalue weighted by molar-refractivity contribution is 6.16. The van der Waals surface area contributed by atoms with Crippen LogP contribution < -0.4 is 9.30 Å². The lowest BCUT2D eigenvalue weighted by atomic mass is 9.71. The van der Waals surface area contributed by atoms with Crippen molar-refractivity contribution >= 4 is 32.3 Å². The van der Waals surface area contributed by atoms with E-state index in [1.165, 1.54) is 85.9 Å². The molecule has 1 aliphatic heterocycles. The van der Waals surface area contributed by atoms with E-state index in [2.05, 4.69) is 114 Å². The zero-order valence-electron chi connectivity index (χ0n) is 25.2. The number of ether oxygens (including phenoxy) is 1. The van der Waals surface area contributed by atoms with E-state index >= 15 is 0 Å². The number of rotatable bonds is 2. The van der Waals surface area contributed by atoms with Gasteiger partial charge in [0, 0.05) is 17.0 Å². The average Bonchev–Trinajstić information content (AvgIpc) is 2.91. The van der Waals surface area contributed by atoms with Crippen molar-refractivity contribution in [3.8, 4) is 22.8 Å². The molecule has 1 aromatic heterocycles. The summed E-state index contributed by atoms with van der Waals surface area (Å²) in [5.41, 5.74) is 7.25. The molecular formula is C38H42NO+. The summed E-state index contributed by atoms with van der Waals surface area (Å²) in [5.74, 6) is 2.70. The summed E-state index contributed by atoms with van der Waals surface area (Å²) in [7, 11) is 2.18. The van der Waals surface area contributed by atoms with Crippen LogP contribution in [0, 0.1) is 17.8 Å². The number of benzene rings is 4. The van der Waals surface area contributed by atoms with Gasteiger partial charge >= 0.3 is 0 Å². The molecule has 7 rings (SSSR count). The van der Waals surface area contributed by atoms with E-state index in [9.17, 15) is 0 Å². The molecule has 1 saturated carbocycles. The van der Waals surface area contributed by atoms with Crippen LogP contribution in [0.5, 0.6) is 11.5 Å². The van der Waals surface area contributed by atoms with Gasteiger partial charge in [0.05, 0.1) is 10.9 Å². The fraction of sp³-hybridized carbons (Fsp3) is 0.395. The van der Waals surface area contributed by atoms with E-state index in [1.807, 2.05) is 0 Å². The van der Waals surface area contributed by atoms with E-state index in [1.54, 1.807) is 0 Å². The quantitative estimate of drug-likeness (QED) is 0.161. The zero-order chi connectivity index (χ0) is 28.0. The van der Waals surface area contributed by atoms with Gasteiger partial charge in [-0.15, -0.1) is 0 Å². The Bertz CT molecular complexity index is 1830. The fourth-order valence-corrected chi connectivity index (χ4v) is 7.51. The third kappa shape index (κ3) is 4.02. The third-order valence-electron chi connectivity index (χ3n) is 9.72. The van der Waals surface area contributed by atoms with Crippen molar-refractivity contribution in [3.05, 3.63) is 77.5 Å². The molecule has 0 radical (unpaired) electrons. The summed E-state index contributed by atoms with van der Waals surface area (Å²) in [6.45, 7) is 14.1. The predicted molar refractivity (Wildman–Crippen MR) is 169 cm³/mol. The summed E-state index contributed by atoms with van der Waals surface area (Å²) in [4.78, 5) is 0. The second kappa shape index (κ2) is 8.80. The van der Waals surface area contributed by atoms with Crippen LogP contribution in [-0.2, 0) is 13.5 Å². The van der Waals surface area contributed by atoms with Crippen LogP contribution in [0.2, 0.25) is 0 Å². The van der Waals surface area contributed by atoms with E-state index in [0.717, 1.165) is 17.9 Å². The fourth-order valence-electron chi connectivity index (χ4n) is 7.51. The third-order valence-corrected chi connectivity index (χ3v) is 9.72. The SMILES string of the molecule is Cc1c2c(c(CC(C)(C)C)c3ccccc13)Oc1cc3cc(C4CCC(C)(C)CC4)ccc3c3cc[n+](C)c-2c13. The largest absolute Gasteiger partial charge is 0.455 e. The Kier molecular flexibility index (Phi) is 5.63. The molecule has 2 heterocycles. The van der Waals surface area contributed by atoms with Crippen LogP contribution in [-0.4, -0.2) is 0 Å². The smallest absolute Gasteiger partial charge is 0.228 e. The van der Waals surface area contributed by atoms with Gasteiger partial charge in [-0.05, 0) is 94.5 Å². The monoisotopic (exact) mass is 528 g/mol. The van der Waals surface area contributed by atoms with Gasteiger partial charge in [0.25, 0.3) is 0 Å². The Morgan fingerprint density at radius 3 is 2.35 bits per heavy atom. The van der Waals surface area contributed by atoms with Gasteiger partial charge in [-0.25, -0.2) is 4.57 Å². The molecule has 0 atom stereocenters. The van der Waals surface area contributed by atoms with Crippen molar-refractivity contribution < 1.29 is 9.30 Å². The second-order valence-electron chi connectivity index (χ2n) is 14.6. The van der Waals surface area contributed by atoms with Crippen LogP contribution in [0.25, 0.3) is 43.6 Å². The first-order valence-corrected chi connectivity index (χ1v) is 15.1. The topological polar surface area (TPSA) is 13.1 Å². The minimum atomic E-state index is 0.135. The Hall–Kier alpha value is -3.39. The van der Waals surface area contributed by atoms with Crippen LogP contribution in [0.1, 0.15) is 82.9 Å². The summed E-state index contributed by atoms with van der Waals surface area (Å²) in [6, 6.07) is 20.7. The van der Waals surface area contributed by atoms with Crippen LogP contribution in [0.3, 0.4) is 0 Å². The summed E-state index contributed by atoms with van der Waals surface area (Å²) >= 11 is 0. The highest BCUT2D eigenvalue weighted by atomic mass is 16.5. The number of nitrogens with zero attached hydrogens (tertiary/aromatic N) is 1. The molecule has 4 aromatic carbocycles. The molecule has 40 heavy (non-hydrogen) atoms. The molecule has 0 spiro atoms. The van der Waals surface area contributed by atoms with Crippen molar-refractivity contribution in [2.45, 2.75) is 79.6 Å². The standard InChI is InChI=1S/C38H42NO/c1-23-27-10-8-9-11-29(27)31(22-37(2,3)4)36-33(23)35-34-30(16-19-39(35)7)28-13-12-25(20-26(28)21-32(34)40-36)24-14-17-38(5,6)18-15-24/h8-13,16,19-21,24H,14-15,17-18,22H2,1-7H3/q+1. The first-order valence-electron chi connectivity index (χ1n) is 15.1. The second-order valence-corrected chi connectivity index (χ2v) is 14.6. The molecule has 2 nitrogen and oxygen atoms in total. The zero-order valence-corrected chi connectivity index (χ0v) is 25.2. The van der Waals surface area contributed by atoms with E-state index in [0.29, 0.717) is 11.3 Å². The lowest BCUT2D eigenvalue weighted by Crippen LogP contribution is -2.32. The molecule has 0 N–H and O–H groups in total. The number of hydrogen-bond acceptors (Lipinski definition) is 1. The maximum absolute atomic E-state index is 7.08. The molecule has 5 aromatic rings. The summed E-state index contributed by atoms with van der Waals surface area (Å²) in [6.07, 6.45) is 8.38. The first kappa shape index (κ1) is 25.6. The van der Waals surface area contributed by atoms with Gasteiger partial charge in [-0.3, -0.25) is 0 Å². The molecule has 0 unspecified atom stereocenters.